The molecule has 0 aliphatic carbocycles. The Balaban J connectivity index is 2.31. The first kappa shape index (κ1) is 14.7. The van der Waals surface area contributed by atoms with Crippen LogP contribution in [-0.4, -0.2) is 12.5 Å². The molecule has 1 rings (SSSR count). The summed E-state index contributed by atoms with van der Waals surface area (Å²) in [5, 5.41) is 2.95. The van der Waals surface area contributed by atoms with Gasteiger partial charge in [-0.25, -0.2) is 0 Å². The van der Waals surface area contributed by atoms with Gasteiger partial charge < -0.3 is 11.1 Å². The molecule has 0 radical (unpaired) electrons. The Hall–Kier alpha value is -1.35. The van der Waals surface area contributed by atoms with Gasteiger partial charge >= 0.3 is 0 Å². The van der Waals surface area contributed by atoms with E-state index in [2.05, 4.69) is 11.4 Å². The molecule has 0 aliphatic heterocycles. The Morgan fingerprint density at radius 1 is 1.06 bits per heavy atom. The van der Waals surface area contributed by atoms with Crippen molar-refractivity contribution >= 4 is 11.6 Å². The Morgan fingerprint density at radius 2 is 1.67 bits per heavy atom. The number of amides is 1. The highest BCUT2D eigenvalue weighted by molar-refractivity contribution is 5.90. The molecule has 0 saturated heterocycles. The van der Waals surface area contributed by atoms with Gasteiger partial charge in [0.1, 0.15) is 0 Å². The third-order valence-electron chi connectivity index (χ3n) is 2.86. The van der Waals surface area contributed by atoms with E-state index in [9.17, 15) is 4.79 Å². The average Bonchev–Trinajstić information content (AvgIpc) is 2.27. The molecule has 0 unspecified atom stereocenters. The predicted octanol–water partition coefficient (Wildman–Crippen LogP) is 3.15. The highest BCUT2D eigenvalue weighted by Gasteiger charge is 2.03. The molecule has 0 spiro atoms. The molecule has 3 N–H and O–H groups in total. The van der Waals surface area contributed by atoms with Gasteiger partial charge in [0.05, 0.1) is 0 Å². The molecular formula is C15H24N2O. The van der Waals surface area contributed by atoms with Crippen molar-refractivity contribution in [3.8, 4) is 0 Å². The standard InChI is InChI=1S/C15H24N2O/c1-12-9-13(2)11-14(10-12)17-15(18)7-5-3-4-6-8-16/h9-11H,3-8,16H2,1-2H3,(H,17,18). The summed E-state index contributed by atoms with van der Waals surface area (Å²) in [7, 11) is 0. The Kier molecular flexibility index (Phi) is 6.44. The molecule has 0 aromatic heterocycles. The number of hydrogen-bond acceptors (Lipinski definition) is 2. The van der Waals surface area contributed by atoms with E-state index in [1.54, 1.807) is 0 Å². The molecule has 3 nitrogen and oxygen atoms in total. The number of benzene rings is 1. The van der Waals surface area contributed by atoms with Crippen LogP contribution in [0.15, 0.2) is 18.2 Å². The van der Waals surface area contributed by atoms with E-state index in [1.165, 1.54) is 11.1 Å². The minimum absolute atomic E-state index is 0.104. The van der Waals surface area contributed by atoms with Crippen LogP contribution in [0.5, 0.6) is 0 Å². The Morgan fingerprint density at radius 3 is 2.28 bits per heavy atom. The van der Waals surface area contributed by atoms with E-state index < -0.39 is 0 Å². The van der Waals surface area contributed by atoms with E-state index in [-0.39, 0.29) is 5.91 Å². The number of nitrogens with two attached hydrogens (primary N) is 1. The lowest BCUT2D eigenvalue weighted by Gasteiger charge is -2.07. The van der Waals surface area contributed by atoms with Gasteiger partial charge in [-0.05, 0) is 56.5 Å². The summed E-state index contributed by atoms with van der Waals surface area (Å²) in [5.74, 6) is 0.104. The lowest BCUT2D eigenvalue weighted by Crippen LogP contribution is -2.11. The molecule has 1 amide bonds. The zero-order chi connectivity index (χ0) is 13.4. The van der Waals surface area contributed by atoms with Gasteiger partial charge in [-0.2, -0.15) is 0 Å². The molecule has 3 heteroatoms. The molecular weight excluding hydrogens is 224 g/mol. The molecule has 0 atom stereocenters. The number of carbonyl (C=O) groups excluding carboxylic acids is 1. The number of carbonyl (C=O) groups is 1. The molecule has 0 aliphatic rings. The van der Waals surface area contributed by atoms with Crippen LogP contribution in [0.25, 0.3) is 0 Å². The van der Waals surface area contributed by atoms with Crippen LogP contribution in [0.1, 0.15) is 43.2 Å². The minimum atomic E-state index is 0.104. The van der Waals surface area contributed by atoms with E-state index in [0.29, 0.717) is 6.42 Å². The number of anilines is 1. The van der Waals surface area contributed by atoms with Gasteiger partial charge in [-0.3, -0.25) is 4.79 Å². The van der Waals surface area contributed by atoms with Crippen molar-refractivity contribution in [2.45, 2.75) is 46.0 Å². The predicted molar refractivity (Wildman–Crippen MR) is 76.7 cm³/mol. The highest BCUT2D eigenvalue weighted by atomic mass is 16.1. The summed E-state index contributed by atoms with van der Waals surface area (Å²) in [4.78, 5) is 11.7. The van der Waals surface area contributed by atoms with Gasteiger partial charge in [-0.15, -0.1) is 0 Å². The minimum Gasteiger partial charge on any atom is -0.330 e. The summed E-state index contributed by atoms with van der Waals surface area (Å²) in [5.41, 5.74) is 8.67. The van der Waals surface area contributed by atoms with E-state index in [1.807, 2.05) is 26.0 Å². The van der Waals surface area contributed by atoms with Crippen molar-refractivity contribution in [2.75, 3.05) is 11.9 Å². The second kappa shape index (κ2) is 7.88. The van der Waals surface area contributed by atoms with Crippen molar-refractivity contribution < 1.29 is 4.79 Å². The fraction of sp³-hybridized carbons (Fsp3) is 0.533. The van der Waals surface area contributed by atoms with E-state index in [0.717, 1.165) is 37.9 Å². The van der Waals surface area contributed by atoms with Gasteiger partial charge in [0, 0.05) is 12.1 Å². The topological polar surface area (TPSA) is 55.1 Å². The monoisotopic (exact) mass is 248 g/mol. The maximum absolute atomic E-state index is 11.7. The van der Waals surface area contributed by atoms with Crippen molar-refractivity contribution in [1.29, 1.82) is 0 Å². The molecule has 0 fully saturated rings. The number of aryl methyl sites for hydroxylation is 2. The first-order chi connectivity index (χ1) is 8.61. The number of unbranched alkanes of at least 4 members (excludes halogenated alkanes) is 3. The third kappa shape index (κ3) is 5.82. The fourth-order valence-electron chi connectivity index (χ4n) is 2.05. The second-order valence-corrected chi connectivity index (χ2v) is 4.88. The number of rotatable bonds is 7. The van der Waals surface area contributed by atoms with Crippen molar-refractivity contribution in [3.63, 3.8) is 0 Å². The quantitative estimate of drug-likeness (QED) is 0.728. The molecule has 0 bridgehead atoms. The van der Waals surface area contributed by atoms with Gasteiger partial charge in [-0.1, -0.05) is 18.9 Å². The lowest BCUT2D eigenvalue weighted by molar-refractivity contribution is -0.116. The maximum atomic E-state index is 11.7. The van der Waals surface area contributed by atoms with Gasteiger partial charge in [0.25, 0.3) is 0 Å². The van der Waals surface area contributed by atoms with Crippen LogP contribution in [0, 0.1) is 13.8 Å². The van der Waals surface area contributed by atoms with Crippen molar-refractivity contribution in [3.05, 3.63) is 29.3 Å². The Bertz CT molecular complexity index is 368. The molecule has 1 aromatic rings. The normalized spacial score (nSPS) is 10.4. The van der Waals surface area contributed by atoms with Crippen LogP contribution >= 0.6 is 0 Å². The SMILES string of the molecule is Cc1cc(C)cc(NC(=O)CCCCCCN)c1. The third-order valence-corrected chi connectivity index (χ3v) is 2.86. The van der Waals surface area contributed by atoms with E-state index in [4.69, 9.17) is 5.73 Å². The van der Waals surface area contributed by atoms with Crippen LogP contribution in [0.4, 0.5) is 5.69 Å². The zero-order valence-corrected chi connectivity index (χ0v) is 11.5. The zero-order valence-electron chi connectivity index (χ0n) is 11.5. The summed E-state index contributed by atoms with van der Waals surface area (Å²) < 4.78 is 0. The number of hydrogen-bond donors (Lipinski definition) is 2. The van der Waals surface area contributed by atoms with Crippen LogP contribution in [0.3, 0.4) is 0 Å². The number of nitrogens with one attached hydrogen (secondary N) is 1. The molecule has 100 valence electrons. The lowest BCUT2D eigenvalue weighted by atomic mass is 10.1. The Labute approximate surface area is 110 Å². The average molecular weight is 248 g/mol. The van der Waals surface area contributed by atoms with Crippen molar-refractivity contribution in [2.24, 2.45) is 5.73 Å². The van der Waals surface area contributed by atoms with Gasteiger partial charge in [0.15, 0.2) is 0 Å². The van der Waals surface area contributed by atoms with Crippen LogP contribution in [-0.2, 0) is 4.79 Å². The largest absolute Gasteiger partial charge is 0.330 e. The molecule has 0 heterocycles. The van der Waals surface area contributed by atoms with Crippen molar-refractivity contribution in [1.82, 2.24) is 0 Å². The summed E-state index contributed by atoms with van der Waals surface area (Å²) in [6.07, 6.45) is 4.79. The smallest absolute Gasteiger partial charge is 0.224 e. The molecule has 1 aromatic carbocycles. The summed E-state index contributed by atoms with van der Waals surface area (Å²) in [6, 6.07) is 6.10. The van der Waals surface area contributed by atoms with Crippen LogP contribution in [0.2, 0.25) is 0 Å². The highest BCUT2D eigenvalue weighted by Crippen LogP contribution is 2.14. The maximum Gasteiger partial charge on any atom is 0.224 e. The van der Waals surface area contributed by atoms with Gasteiger partial charge in [0.2, 0.25) is 5.91 Å². The first-order valence-corrected chi connectivity index (χ1v) is 6.70. The summed E-state index contributed by atoms with van der Waals surface area (Å²) in [6.45, 7) is 4.82. The van der Waals surface area contributed by atoms with E-state index >= 15 is 0 Å². The fourth-order valence-corrected chi connectivity index (χ4v) is 2.05. The van der Waals surface area contributed by atoms with Crippen LogP contribution < -0.4 is 11.1 Å². The summed E-state index contributed by atoms with van der Waals surface area (Å²) >= 11 is 0. The molecule has 0 saturated carbocycles. The second-order valence-electron chi connectivity index (χ2n) is 4.88. The first-order valence-electron chi connectivity index (χ1n) is 6.70. The molecule has 18 heavy (non-hydrogen) atoms.